The molecule has 104 valence electrons. The maximum atomic E-state index is 12.2. The van der Waals surface area contributed by atoms with Crippen molar-refractivity contribution >= 4 is 17.6 Å². The van der Waals surface area contributed by atoms with E-state index in [1.54, 1.807) is 39.2 Å². The van der Waals surface area contributed by atoms with E-state index in [1.165, 1.54) is 10.7 Å². The predicted octanol–water partition coefficient (Wildman–Crippen LogP) is 1.99. The van der Waals surface area contributed by atoms with Crippen LogP contribution >= 0.6 is 0 Å². The third kappa shape index (κ3) is 2.69. The molecule has 1 amide bonds. The number of benzene rings is 1. The zero-order valence-corrected chi connectivity index (χ0v) is 11.5. The van der Waals surface area contributed by atoms with Crippen LogP contribution in [-0.2, 0) is 7.05 Å². The van der Waals surface area contributed by atoms with Crippen LogP contribution in [-0.4, -0.2) is 26.8 Å². The third-order valence-corrected chi connectivity index (χ3v) is 2.91. The van der Waals surface area contributed by atoms with E-state index < -0.39 is 5.97 Å². The first-order valence-corrected chi connectivity index (χ1v) is 6.04. The Morgan fingerprint density at radius 1 is 1.25 bits per heavy atom. The van der Waals surface area contributed by atoms with Crippen LogP contribution in [0.2, 0.25) is 0 Å². The van der Waals surface area contributed by atoms with Gasteiger partial charge in [-0.25, -0.2) is 4.79 Å². The van der Waals surface area contributed by atoms with Gasteiger partial charge in [0.2, 0.25) is 0 Å². The summed E-state index contributed by atoms with van der Waals surface area (Å²) in [5, 5.41) is 15.9. The first-order valence-electron chi connectivity index (χ1n) is 6.04. The number of hydrogen-bond acceptors (Lipinski definition) is 3. The van der Waals surface area contributed by atoms with Gasteiger partial charge in [0.15, 0.2) is 0 Å². The molecule has 2 rings (SSSR count). The fraction of sp³-hybridized carbons (Fsp3) is 0.214. The lowest BCUT2D eigenvalue weighted by molar-refractivity contribution is 0.0698. The number of aromatic nitrogens is 2. The Hall–Kier alpha value is -2.63. The lowest BCUT2D eigenvalue weighted by Crippen LogP contribution is -2.15. The molecular weight excluding hydrogens is 258 g/mol. The number of nitrogens with one attached hydrogen (secondary N) is 1. The first kappa shape index (κ1) is 13.8. The van der Waals surface area contributed by atoms with Crippen LogP contribution in [0, 0.1) is 13.8 Å². The maximum Gasteiger partial charge on any atom is 0.337 e. The van der Waals surface area contributed by atoms with Crippen LogP contribution in [0.15, 0.2) is 24.4 Å². The largest absolute Gasteiger partial charge is 0.478 e. The number of nitrogens with zero attached hydrogens (tertiary/aromatic N) is 2. The Kier molecular flexibility index (Phi) is 3.56. The number of rotatable bonds is 3. The molecule has 1 heterocycles. The number of carboxylic acids is 1. The highest BCUT2D eigenvalue weighted by molar-refractivity contribution is 6.08. The van der Waals surface area contributed by atoms with Crippen LogP contribution in [0.5, 0.6) is 0 Å². The van der Waals surface area contributed by atoms with E-state index in [2.05, 4.69) is 10.4 Å². The lowest BCUT2D eigenvalue weighted by Gasteiger charge is -2.08. The smallest absolute Gasteiger partial charge is 0.337 e. The van der Waals surface area contributed by atoms with Crippen molar-refractivity contribution in [1.82, 2.24) is 9.78 Å². The zero-order chi connectivity index (χ0) is 14.9. The minimum atomic E-state index is -1.08. The van der Waals surface area contributed by atoms with Gasteiger partial charge < -0.3 is 10.4 Å². The number of hydrogen-bond donors (Lipinski definition) is 2. The van der Waals surface area contributed by atoms with Gasteiger partial charge in [0.05, 0.1) is 22.5 Å². The second-order valence-electron chi connectivity index (χ2n) is 4.61. The molecule has 0 unspecified atom stereocenters. The summed E-state index contributed by atoms with van der Waals surface area (Å²) in [6.07, 6.45) is 1.60. The van der Waals surface area contributed by atoms with E-state index in [4.69, 9.17) is 5.11 Å². The molecule has 2 aromatic rings. The highest BCUT2D eigenvalue weighted by Gasteiger charge is 2.16. The standard InChI is InChI=1S/C14H15N3O3/c1-8-4-5-12(10(6-8)14(19)20)15-13(18)11-7-17(3)16-9(11)2/h4-7H,1-3H3,(H,15,18)(H,19,20). The molecular formula is C14H15N3O3. The van der Waals surface area contributed by atoms with Crippen molar-refractivity contribution in [3.63, 3.8) is 0 Å². The number of aryl methyl sites for hydroxylation is 3. The summed E-state index contributed by atoms with van der Waals surface area (Å²) in [7, 11) is 1.72. The molecule has 0 fully saturated rings. The van der Waals surface area contributed by atoms with Gasteiger partial charge in [0.25, 0.3) is 5.91 Å². The minimum absolute atomic E-state index is 0.0693. The van der Waals surface area contributed by atoms with Crippen molar-refractivity contribution < 1.29 is 14.7 Å². The molecule has 6 heteroatoms. The molecule has 6 nitrogen and oxygen atoms in total. The summed E-state index contributed by atoms with van der Waals surface area (Å²) >= 11 is 0. The van der Waals surface area contributed by atoms with E-state index in [9.17, 15) is 9.59 Å². The van der Waals surface area contributed by atoms with Gasteiger partial charge in [-0.15, -0.1) is 0 Å². The van der Waals surface area contributed by atoms with Gasteiger partial charge in [0.1, 0.15) is 0 Å². The molecule has 0 atom stereocenters. The summed E-state index contributed by atoms with van der Waals surface area (Å²) < 4.78 is 1.54. The normalized spacial score (nSPS) is 10.3. The highest BCUT2D eigenvalue weighted by atomic mass is 16.4. The monoisotopic (exact) mass is 273 g/mol. The van der Waals surface area contributed by atoms with Crippen molar-refractivity contribution in [3.05, 3.63) is 46.8 Å². The highest BCUT2D eigenvalue weighted by Crippen LogP contribution is 2.19. The third-order valence-electron chi connectivity index (χ3n) is 2.91. The summed E-state index contributed by atoms with van der Waals surface area (Å²) in [4.78, 5) is 23.3. The molecule has 0 aliphatic heterocycles. The zero-order valence-electron chi connectivity index (χ0n) is 11.5. The second kappa shape index (κ2) is 5.16. The van der Waals surface area contributed by atoms with Crippen molar-refractivity contribution in [2.24, 2.45) is 7.05 Å². The molecule has 0 aliphatic carbocycles. The van der Waals surface area contributed by atoms with Crippen molar-refractivity contribution in [2.75, 3.05) is 5.32 Å². The molecule has 2 N–H and O–H groups in total. The number of anilines is 1. The quantitative estimate of drug-likeness (QED) is 0.895. The van der Waals surface area contributed by atoms with E-state index in [0.717, 1.165) is 5.56 Å². The van der Waals surface area contributed by atoms with Crippen LogP contribution in [0.4, 0.5) is 5.69 Å². The van der Waals surface area contributed by atoms with Crippen LogP contribution in [0.3, 0.4) is 0 Å². The fourth-order valence-electron chi connectivity index (χ4n) is 1.96. The summed E-state index contributed by atoms with van der Waals surface area (Å²) in [5.74, 6) is -1.45. The van der Waals surface area contributed by atoms with Crippen molar-refractivity contribution in [3.8, 4) is 0 Å². The molecule has 1 aromatic carbocycles. The van der Waals surface area contributed by atoms with Gasteiger partial charge in [-0.3, -0.25) is 9.48 Å². The molecule has 0 saturated heterocycles. The van der Waals surface area contributed by atoms with E-state index in [1.807, 2.05) is 0 Å². The summed E-state index contributed by atoms with van der Waals surface area (Å²) in [6.45, 7) is 3.52. The van der Waals surface area contributed by atoms with Gasteiger partial charge >= 0.3 is 5.97 Å². The van der Waals surface area contributed by atoms with E-state index in [-0.39, 0.29) is 17.2 Å². The van der Waals surface area contributed by atoms with Crippen molar-refractivity contribution in [2.45, 2.75) is 13.8 Å². The fourth-order valence-corrected chi connectivity index (χ4v) is 1.96. The number of amides is 1. The molecule has 0 bridgehead atoms. The van der Waals surface area contributed by atoms with Gasteiger partial charge in [-0.1, -0.05) is 11.6 Å². The summed E-state index contributed by atoms with van der Waals surface area (Å²) in [5.41, 5.74) is 2.17. The molecule has 0 aliphatic rings. The molecule has 1 aromatic heterocycles. The maximum absolute atomic E-state index is 12.2. The SMILES string of the molecule is Cc1ccc(NC(=O)c2cn(C)nc2C)c(C(=O)O)c1. The lowest BCUT2D eigenvalue weighted by atomic mass is 10.1. The topological polar surface area (TPSA) is 84.2 Å². The van der Waals surface area contributed by atoms with Crippen LogP contribution in [0.1, 0.15) is 32.0 Å². The Bertz CT molecular complexity index is 689. The van der Waals surface area contributed by atoms with Crippen molar-refractivity contribution in [1.29, 1.82) is 0 Å². The van der Waals surface area contributed by atoms with Gasteiger partial charge in [-0.2, -0.15) is 5.10 Å². The Balaban J connectivity index is 2.33. The van der Waals surface area contributed by atoms with Crippen LogP contribution in [0.25, 0.3) is 0 Å². The first-order chi connectivity index (χ1) is 9.38. The molecule has 0 radical (unpaired) electrons. The summed E-state index contributed by atoms with van der Waals surface area (Å²) in [6, 6.07) is 4.86. The van der Waals surface area contributed by atoms with Crippen LogP contribution < -0.4 is 5.32 Å². The van der Waals surface area contributed by atoms with E-state index in [0.29, 0.717) is 11.3 Å². The molecule has 0 saturated carbocycles. The van der Waals surface area contributed by atoms with Gasteiger partial charge in [-0.05, 0) is 26.0 Å². The number of carbonyl (C=O) groups excluding carboxylic acids is 1. The Morgan fingerprint density at radius 3 is 2.50 bits per heavy atom. The number of carboxylic acid groups (broad SMARTS) is 1. The predicted molar refractivity (Wildman–Crippen MR) is 74.0 cm³/mol. The number of carbonyl (C=O) groups is 2. The van der Waals surface area contributed by atoms with E-state index >= 15 is 0 Å². The Morgan fingerprint density at radius 2 is 1.95 bits per heavy atom. The average molecular weight is 273 g/mol. The minimum Gasteiger partial charge on any atom is -0.478 e. The Labute approximate surface area is 116 Å². The number of aromatic carboxylic acids is 1. The molecule has 20 heavy (non-hydrogen) atoms. The molecule has 0 spiro atoms. The second-order valence-corrected chi connectivity index (χ2v) is 4.61. The average Bonchev–Trinajstić information content (AvgIpc) is 2.70. The van der Waals surface area contributed by atoms with Gasteiger partial charge in [0, 0.05) is 13.2 Å².